The van der Waals surface area contributed by atoms with Gasteiger partial charge in [0.05, 0.1) is 33.1 Å². The average Bonchev–Trinajstić information content (AvgIpc) is 3.33. The summed E-state index contributed by atoms with van der Waals surface area (Å²) in [7, 11) is 1.67. The summed E-state index contributed by atoms with van der Waals surface area (Å²) in [5.41, 5.74) is 2.92. The normalized spacial score (nSPS) is 13.4. The lowest BCUT2D eigenvalue weighted by Crippen LogP contribution is -2.09. The number of aliphatic hydroxyl groups is 1. The molecule has 0 fully saturated rings. The average molecular weight is 437 g/mol. The molecular weight excluding hydrogens is 416 g/mol. The van der Waals surface area contributed by atoms with Crippen LogP contribution in [-0.4, -0.2) is 38.6 Å². The van der Waals surface area contributed by atoms with Gasteiger partial charge in [0.2, 0.25) is 0 Å². The van der Waals surface area contributed by atoms with Crippen LogP contribution in [0.3, 0.4) is 0 Å². The lowest BCUT2D eigenvalue weighted by Gasteiger charge is -2.13. The highest BCUT2D eigenvalue weighted by atomic mass is 32.2. The molecule has 4 rings (SSSR count). The largest absolute Gasteiger partial charge is 0.510 e. The number of thiazole rings is 1. The van der Waals surface area contributed by atoms with E-state index in [0.29, 0.717) is 18.2 Å². The third-order valence-corrected chi connectivity index (χ3v) is 6.83. The van der Waals surface area contributed by atoms with E-state index in [4.69, 9.17) is 9.72 Å². The summed E-state index contributed by atoms with van der Waals surface area (Å²) in [6.07, 6.45) is 0. The Morgan fingerprint density at radius 3 is 2.67 bits per heavy atom. The van der Waals surface area contributed by atoms with Gasteiger partial charge in [-0.25, -0.2) is 9.97 Å². The Morgan fingerprint density at radius 2 is 1.93 bits per heavy atom. The number of hydrogen-bond acceptors (Lipinski definition) is 7. The molecule has 4 aromatic rings. The first-order chi connectivity index (χ1) is 14.6. The monoisotopic (exact) mass is 436 g/mol. The van der Waals surface area contributed by atoms with E-state index in [9.17, 15) is 10.4 Å². The minimum atomic E-state index is -0.371. The standard InChI is InChI=1S/C22H20N4O2S2/c1-14(20(27)15(13-23)21-24-17-8-4-6-10-19(17)30-21)29-22-25-16-7-3-5-9-18(16)26(22)11-12-28-2/h3-10,14,27H,11-12H2,1-2H3/t14-/m0/s1. The van der Waals surface area contributed by atoms with Crippen molar-refractivity contribution in [1.29, 1.82) is 5.26 Å². The minimum Gasteiger partial charge on any atom is -0.510 e. The van der Waals surface area contributed by atoms with E-state index in [1.54, 1.807) is 7.11 Å². The van der Waals surface area contributed by atoms with Crippen molar-refractivity contribution in [1.82, 2.24) is 14.5 Å². The SMILES string of the molecule is COCCn1c(S[C@@H](C)C(O)=C(C#N)c2nc3ccccc3s2)nc2ccccc21. The molecule has 30 heavy (non-hydrogen) atoms. The number of hydrogen-bond donors (Lipinski definition) is 1. The lowest BCUT2D eigenvalue weighted by molar-refractivity contribution is 0.186. The van der Waals surface area contributed by atoms with Crippen molar-refractivity contribution < 1.29 is 9.84 Å². The van der Waals surface area contributed by atoms with Crippen LogP contribution in [0.5, 0.6) is 0 Å². The number of aliphatic hydroxyl groups excluding tert-OH is 1. The highest BCUT2D eigenvalue weighted by Crippen LogP contribution is 2.34. The highest BCUT2D eigenvalue weighted by molar-refractivity contribution is 8.00. The molecule has 1 atom stereocenters. The molecule has 2 aromatic heterocycles. The number of imidazole rings is 1. The Bertz CT molecular complexity index is 1240. The van der Waals surface area contributed by atoms with E-state index in [1.165, 1.54) is 23.1 Å². The second-order valence-electron chi connectivity index (χ2n) is 6.65. The fourth-order valence-electron chi connectivity index (χ4n) is 3.15. The molecule has 0 amide bonds. The van der Waals surface area contributed by atoms with Gasteiger partial charge in [-0.05, 0) is 31.2 Å². The van der Waals surface area contributed by atoms with Gasteiger partial charge in [0, 0.05) is 13.7 Å². The summed E-state index contributed by atoms with van der Waals surface area (Å²) in [6, 6.07) is 17.7. The molecule has 0 unspecified atom stereocenters. The van der Waals surface area contributed by atoms with Crippen LogP contribution < -0.4 is 0 Å². The van der Waals surface area contributed by atoms with Gasteiger partial charge in [-0.15, -0.1) is 11.3 Å². The molecule has 2 heterocycles. The van der Waals surface area contributed by atoms with Crippen molar-refractivity contribution in [3.8, 4) is 6.07 Å². The minimum absolute atomic E-state index is 0.00639. The van der Waals surface area contributed by atoms with Crippen LogP contribution in [0.25, 0.3) is 26.8 Å². The maximum atomic E-state index is 10.9. The molecule has 1 N–H and O–H groups in total. The molecule has 0 aliphatic carbocycles. The van der Waals surface area contributed by atoms with Gasteiger partial charge in [0.1, 0.15) is 22.4 Å². The van der Waals surface area contributed by atoms with Crippen LogP contribution in [-0.2, 0) is 11.3 Å². The Balaban J connectivity index is 1.68. The number of benzene rings is 2. The van der Waals surface area contributed by atoms with Gasteiger partial charge >= 0.3 is 0 Å². The van der Waals surface area contributed by atoms with Crippen molar-refractivity contribution in [2.75, 3.05) is 13.7 Å². The first-order valence-electron chi connectivity index (χ1n) is 9.42. The maximum absolute atomic E-state index is 10.9. The Kier molecular flexibility index (Phi) is 6.04. The summed E-state index contributed by atoms with van der Waals surface area (Å²) in [5.74, 6) is 0.00639. The third kappa shape index (κ3) is 3.92. The Hall–Kier alpha value is -2.86. The maximum Gasteiger partial charge on any atom is 0.169 e. The van der Waals surface area contributed by atoms with E-state index in [0.717, 1.165) is 26.4 Å². The lowest BCUT2D eigenvalue weighted by atomic mass is 10.2. The zero-order valence-corrected chi connectivity index (χ0v) is 18.2. The van der Waals surface area contributed by atoms with Crippen molar-refractivity contribution in [3.63, 3.8) is 0 Å². The molecule has 0 spiro atoms. The van der Waals surface area contributed by atoms with E-state index >= 15 is 0 Å². The molecule has 0 radical (unpaired) electrons. The molecule has 0 bridgehead atoms. The van der Waals surface area contributed by atoms with E-state index in [-0.39, 0.29) is 16.6 Å². The van der Waals surface area contributed by atoms with Gasteiger partial charge in [-0.2, -0.15) is 5.26 Å². The first kappa shape index (κ1) is 20.4. The fraction of sp³-hybridized carbons (Fsp3) is 0.227. The number of ether oxygens (including phenoxy) is 1. The molecule has 0 aliphatic heterocycles. The summed E-state index contributed by atoms with van der Waals surface area (Å²) in [6.45, 7) is 3.07. The predicted molar refractivity (Wildman–Crippen MR) is 122 cm³/mol. The smallest absolute Gasteiger partial charge is 0.169 e. The van der Waals surface area contributed by atoms with Crippen LogP contribution in [0.2, 0.25) is 0 Å². The molecule has 0 aliphatic rings. The first-order valence-corrected chi connectivity index (χ1v) is 11.1. The van der Waals surface area contributed by atoms with Gasteiger partial charge in [0.15, 0.2) is 5.16 Å². The van der Waals surface area contributed by atoms with Crippen molar-refractivity contribution in [2.45, 2.75) is 23.9 Å². The molecule has 0 saturated heterocycles. The van der Waals surface area contributed by atoms with E-state index in [1.807, 2.05) is 55.5 Å². The van der Waals surface area contributed by atoms with Crippen molar-refractivity contribution >= 4 is 49.9 Å². The number of para-hydroxylation sites is 3. The summed E-state index contributed by atoms with van der Waals surface area (Å²) >= 11 is 2.82. The molecular formula is C22H20N4O2S2. The Morgan fingerprint density at radius 1 is 1.20 bits per heavy atom. The molecule has 6 nitrogen and oxygen atoms in total. The number of fused-ring (bicyclic) bond motifs is 2. The van der Waals surface area contributed by atoms with E-state index in [2.05, 4.69) is 15.6 Å². The van der Waals surface area contributed by atoms with Gasteiger partial charge < -0.3 is 14.4 Å². The number of rotatable bonds is 7. The molecule has 0 saturated carbocycles. The van der Waals surface area contributed by atoms with Crippen LogP contribution in [0.4, 0.5) is 0 Å². The van der Waals surface area contributed by atoms with Crippen LogP contribution in [0, 0.1) is 11.3 Å². The van der Waals surface area contributed by atoms with Crippen LogP contribution >= 0.6 is 23.1 Å². The summed E-state index contributed by atoms with van der Waals surface area (Å²) < 4.78 is 8.31. The van der Waals surface area contributed by atoms with Crippen LogP contribution in [0.15, 0.2) is 59.4 Å². The van der Waals surface area contributed by atoms with Gasteiger partial charge in [0.25, 0.3) is 0 Å². The second kappa shape index (κ2) is 8.88. The highest BCUT2D eigenvalue weighted by Gasteiger charge is 2.22. The quantitative estimate of drug-likeness (QED) is 0.241. The Labute approximate surface area is 182 Å². The molecule has 8 heteroatoms. The topological polar surface area (TPSA) is 84.0 Å². The van der Waals surface area contributed by atoms with Gasteiger partial charge in [-0.3, -0.25) is 0 Å². The zero-order chi connectivity index (χ0) is 21.1. The number of thioether (sulfide) groups is 1. The summed E-state index contributed by atoms with van der Waals surface area (Å²) in [5, 5.41) is 21.6. The number of aromatic nitrogens is 3. The number of nitrogens with zero attached hydrogens (tertiary/aromatic N) is 4. The molecule has 2 aromatic carbocycles. The van der Waals surface area contributed by atoms with Crippen molar-refractivity contribution in [2.24, 2.45) is 0 Å². The predicted octanol–water partition coefficient (Wildman–Crippen LogP) is 5.27. The number of allylic oxidation sites excluding steroid dienone is 1. The number of nitriles is 1. The third-order valence-electron chi connectivity index (χ3n) is 4.68. The van der Waals surface area contributed by atoms with Gasteiger partial charge in [-0.1, -0.05) is 36.0 Å². The number of methoxy groups -OCH3 is 1. The van der Waals surface area contributed by atoms with Crippen molar-refractivity contribution in [3.05, 3.63) is 59.3 Å². The van der Waals surface area contributed by atoms with Crippen LogP contribution in [0.1, 0.15) is 11.9 Å². The zero-order valence-electron chi connectivity index (χ0n) is 16.6. The fourth-order valence-corrected chi connectivity index (χ4v) is 5.14. The summed E-state index contributed by atoms with van der Waals surface area (Å²) in [4.78, 5) is 9.24. The van der Waals surface area contributed by atoms with E-state index < -0.39 is 0 Å². The molecule has 152 valence electrons. The second-order valence-corrected chi connectivity index (χ2v) is 8.99.